The van der Waals surface area contributed by atoms with Crippen LogP contribution >= 0.6 is 0 Å². The maximum atomic E-state index is 10.5. The molecule has 0 aliphatic rings. The van der Waals surface area contributed by atoms with Crippen LogP contribution in [0.15, 0.2) is 121 Å². The molecule has 0 saturated heterocycles. The number of nitrogens with zero attached hydrogens (tertiary/aromatic N) is 2. The summed E-state index contributed by atoms with van der Waals surface area (Å²) in [6.07, 6.45) is 0. The number of benzene rings is 8. The van der Waals surface area contributed by atoms with Gasteiger partial charge < -0.3 is 0 Å². The maximum absolute atomic E-state index is 10.5. The molecule has 2 nitrogen and oxygen atoms in total. The van der Waals surface area contributed by atoms with Crippen LogP contribution in [0.1, 0.15) is 63.8 Å². The minimum atomic E-state index is -0.169. The van der Waals surface area contributed by atoms with E-state index >= 15 is 0 Å². The molecule has 10 aromatic rings. The summed E-state index contributed by atoms with van der Waals surface area (Å²) in [6.45, 7) is 13.3. The predicted octanol–water partition coefficient (Wildman–Crippen LogP) is 14.3. The summed E-state index contributed by atoms with van der Waals surface area (Å²) in [7, 11) is 0. The molecule has 10 aromatic carbocycles. The molecule has 0 aromatic heterocycles. The molecule has 0 aliphatic carbocycles. The summed E-state index contributed by atoms with van der Waals surface area (Å²) in [5.74, 6) is 0. The van der Waals surface area contributed by atoms with Crippen molar-refractivity contribution in [3.63, 3.8) is 0 Å². The van der Waals surface area contributed by atoms with Crippen LogP contribution in [0.5, 0.6) is 0 Å². The number of rotatable bonds is 2. The van der Waals surface area contributed by atoms with Crippen molar-refractivity contribution in [2.24, 2.45) is 0 Å². The molecule has 0 bridgehead atoms. The summed E-state index contributed by atoms with van der Waals surface area (Å²) >= 11 is 0. The molecule has 0 N–H and O–H groups in total. The highest BCUT2D eigenvalue weighted by molar-refractivity contribution is 6.44. The SMILES string of the molecule is CC(C)(C)c1cc(C#N)cc(-c2c3cc4c5ccccc5c5cccc(c3c(-c3cc(C#N)cc(C(C)(C)C)c3)c3c6cccc7cccc(c23)c76)c54)c1. The monoisotopic (exact) mass is 690 g/mol. The van der Waals surface area contributed by atoms with Crippen molar-refractivity contribution in [2.45, 2.75) is 52.4 Å². The lowest BCUT2D eigenvalue weighted by atomic mass is 9.79. The largest absolute Gasteiger partial charge is 0.192 e. The summed E-state index contributed by atoms with van der Waals surface area (Å²) in [5, 5.41) is 38.0. The molecule has 0 amide bonds. The van der Waals surface area contributed by atoms with Gasteiger partial charge in [0.25, 0.3) is 0 Å². The van der Waals surface area contributed by atoms with Gasteiger partial charge in [-0.15, -0.1) is 0 Å². The first kappa shape index (κ1) is 32.2. The average Bonchev–Trinajstić information content (AvgIpc) is 3.67. The highest BCUT2D eigenvalue weighted by Crippen LogP contribution is 2.55. The Hall–Kier alpha value is -6.48. The molecule has 2 heteroatoms. The van der Waals surface area contributed by atoms with E-state index in [2.05, 4.69) is 175 Å². The van der Waals surface area contributed by atoms with Crippen molar-refractivity contribution in [1.82, 2.24) is 0 Å². The smallest absolute Gasteiger partial charge is 0.0991 e. The third-order valence-electron chi connectivity index (χ3n) is 11.8. The van der Waals surface area contributed by atoms with E-state index in [0.29, 0.717) is 11.1 Å². The van der Waals surface area contributed by atoms with Crippen molar-refractivity contribution in [3.05, 3.63) is 144 Å². The zero-order valence-electron chi connectivity index (χ0n) is 31.4. The zero-order valence-corrected chi connectivity index (χ0v) is 31.4. The van der Waals surface area contributed by atoms with Gasteiger partial charge in [0.15, 0.2) is 0 Å². The van der Waals surface area contributed by atoms with Gasteiger partial charge in [0.05, 0.1) is 23.3 Å². The van der Waals surface area contributed by atoms with E-state index in [4.69, 9.17) is 0 Å². The van der Waals surface area contributed by atoms with E-state index in [9.17, 15) is 10.5 Å². The minimum absolute atomic E-state index is 0.167. The molecule has 0 fully saturated rings. The first-order chi connectivity index (χ1) is 26.0. The Morgan fingerprint density at radius 3 is 1.39 bits per heavy atom. The molecule has 10 rings (SSSR count). The fourth-order valence-electron chi connectivity index (χ4n) is 9.27. The number of hydrogen-bond acceptors (Lipinski definition) is 2. The van der Waals surface area contributed by atoms with Crippen LogP contribution in [0.25, 0.3) is 97.7 Å². The van der Waals surface area contributed by atoms with E-state index in [-0.39, 0.29) is 10.8 Å². The van der Waals surface area contributed by atoms with Gasteiger partial charge in [0.2, 0.25) is 0 Å². The third kappa shape index (κ3) is 4.44. The average molecular weight is 691 g/mol. The van der Waals surface area contributed by atoms with Crippen molar-refractivity contribution < 1.29 is 0 Å². The minimum Gasteiger partial charge on any atom is -0.192 e. The van der Waals surface area contributed by atoms with Gasteiger partial charge in [-0.3, -0.25) is 0 Å². The standard InChI is InChI=1S/C52H38N2/c1-51(2,3)34-22-29(27-53)20-32(24-34)45-43-26-42-37-15-8-7-14-36(37)38-16-11-19-41(47(38)42)48(43)46(33-21-30(28-54)23-35(25-33)52(4,5)6)50-40-18-10-13-31-12-9-17-39(44(31)40)49(45)50/h7-26H,1-6H3. The lowest BCUT2D eigenvalue weighted by molar-refractivity contribution is 0.590. The van der Waals surface area contributed by atoms with Crippen LogP contribution in [0.2, 0.25) is 0 Å². The van der Waals surface area contributed by atoms with E-state index < -0.39 is 0 Å². The number of nitriles is 2. The third-order valence-corrected chi connectivity index (χ3v) is 11.8. The fraction of sp³-hybridized carbons (Fsp3) is 0.154. The van der Waals surface area contributed by atoms with E-state index in [1.807, 2.05) is 0 Å². The molecule has 256 valence electrons. The van der Waals surface area contributed by atoms with Crippen molar-refractivity contribution in [2.75, 3.05) is 0 Å². The molecule has 0 unspecified atom stereocenters. The van der Waals surface area contributed by atoms with Crippen LogP contribution in [-0.4, -0.2) is 0 Å². The van der Waals surface area contributed by atoms with Crippen molar-refractivity contribution in [3.8, 4) is 34.4 Å². The van der Waals surface area contributed by atoms with Gasteiger partial charge in [-0.1, -0.05) is 133 Å². The molecular formula is C52H38N2. The van der Waals surface area contributed by atoms with Gasteiger partial charge in [-0.2, -0.15) is 10.5 Å². The Labute approximate surface area is 315 Å². The summed E-state index contributed by atoms with van der Waals surface area (Å²) < 4.78 is 0. The number of fused-ring (bicyclic) bond motifs is 8. The topological polar surface area (TPSA) is 47.6 Å². The Bertz CT molecular complexity index is 3290. The number of hydrogen-bond donors (Lipinski definition) is 0. The maximum Gasteiger partial charge on any atom is 0.0991 e. The van der Waals surface area contributed by atoms with E-state index in [0.717, 1.165) is 38.8 Å². The molecule has 0 radical (unpaired) electrons. The van der Waals surface area contributed by atoms with Gasteiger partial charge >= 0.3 is 0 Å². The predicted molar refractivity (Wildman–Crippen MR) is 229 cm³/mol. The molecule has 0 heterocycles. The molecule has 54 heavy (non-hydrogen) atoms. The Morgan fingerprint density at radius 2 is 0.833 bits per heavy atom. The van der Waals surface area contributed by atoms with Gasteiger partial charge in [0, 0.05) is 0 Å². The Balaban J connectivity index is 1.57. The van der Waals surface area contributed by atoms with Gasteiger partial charge in [-0.25, -0.2) is 0 Å². The molecule has 0 saturated carbocycles. The second kappa shape index (κ2) is 11.0. The highest BCUT2D eigenvalue weighted by Gasteiger charge is 2.28. The van der Waals surface area contributed by atoms with Gasteiger partial charge in [0.1, 0.15) is 0 Å². The second-order valence-corrected chi connectivity index (χ2v) is 17.2. The lowest BCUT2D eigenvalue weighted by Crippen LogP contribution is -2.11. The van der Waals surface area contributed by atoms with E-state index in [1.54, 1.807) is 0 Å². The van der Waals surface area contributed by atoms with Crippen LogP contribution in [0.4, 0.5) is 0 Å². The first-order valence-electron chi connectivity index (χ1n) is 18.8. The van der Waals surface area contributed by atoms with Crippen molar-refractivity contribution in [1.29, 1.82) is 10.5 Å². The molecule has 0 atom stereocenters. The van der Waals surface area contributed by atoms with Crippen molar-refractivity contribution >= 4 is 75.4 Å². The summed E-state index contributed by atoms with van der Waals surface area (Å²) in [6, 6.07) is 49.2. The first-order valence-corrected chi connectivity index (χ1v) is 18.8. The van der Waals surface area contributed by atoms with Gasteiger partial charge in [-0.05, 0) is 150 Å². The Kier molecular flexibility index (Phi) is 6.57. The molecule has 0 aliphatic heterocycles. The van der Waals surface area contributed by atoms with Crippen LogP contribution in [0.3, 0.4) is 0 Å². The fourth-order valence-corrected chi connectivity index (χ4v) is 9.27. The molecular weight excluding hydrogens is 653 g/mol. The summed E-state index contributed by atoms with van der Waals surface area (Å²) in [4.78, 5) is 0. The van der Waals surface area contributed by atoms with Crippen LogP contribution in [0, 0.1) is 22.7 Å². The summed E-state index contributed by atoms with van der Waals surface area (Å²) in [5.41, 5.74) is 7.64. The quantitative estimate of drug-likeness (QED) is 0.170. The van der Waals surface area contributed by atoms with E-state index in [1.165, 1.54) is 70.0 Å². The lowest BCUT2D eigenvalue weighted by Gasteiger charge is -2.24. The molecule has 0 spiro atoms. The van der Waals surface area contributed by atoms with Crippen LogP contribution in [-0.2, 0) is 10.8 Å². The normalized spacial score (nSPS) is 12.6. The van der Waals surface area contributed by atoms with Crippen LogP contribution < -0.4 is 0 Å². The zero-order chi connectivity index (χ0) is 37.3. The second-order valence-electron chi connectivity index (χ2n) is 17.2. The Morgan fingerprint density at radius 1 is 0.370 bits per heavy atom. The highest BCUT2D eigenvalue weighted by atomic mass is 14.3.